The maximum atomic E-state index is 12.3. The van der Waals surface area contributed by atoms with E-state index in [2.05, 4.69) is 4.98 Å². The second-order valence-electron chi connectivity index (χ2n) is 4.71. The number of hydrogen-bond donors (Lipinski definition) is 1. The van der Waals surface area contributed by atoms with E-state index in [0.29, 0.717) is 0 Å². The summed E-state index contributed by atoms with van der Waals surface area (Å²) >= 11 is 0. The molecule has 1 fully saturated rings. The number of aromatic hydroxyl groups is 1. The molecule has 1 aliphatic heterocycles. The molecule has 0 aromatic carbocycles. The van der Waals surface area contributed by atoms with Gasteiger partial charge in [0.05, 0.1) is 0 Å². The molecule has 2 heterocycles. The lowest BCUT2D eigenvalue weighted by molar-refractivity contribution is 0.0501. The first-order chi connectivity index (χ1) is 8.11. The third kappa shape index (κ3) is 2.25. The summed E-state index contributed by atoms with van der Waals surface area (Å²) in [6, 6.07) is 3.55. The zero-order valence-electron chi connectivity index (χ0n) is 10.3. The largest absolute Gasteiger partial charge is 0.505 e. The van der Waals surface area contributed by atoms with E-state index >= 15 is 0 Å². The molecule has 2 rings (SSSR count). The predicted octanol–water partition coefficient (Wildman–Crippen LogP) is 2.19. The molecule has 1 saturated heterocycles. The van der Waals surface area contributed by atoms with Crippen LogP contribution in [-0.4, -0.2) is 33.0 Å². The Bertz CT molecular complexity index is 410. The molecule has 92 valence electrons. The predicted molar refractivity (Wildman–Crippen MR) is 64.8 cm³/mol. The van der Waals surface area contributed by atoms with Crippen LogP contribution in [0.5, 0.6) is 5.75 Å². The molecule has 4 heteroatoms. The quantitative estimate of drug-likeness (QED) is 0.810. The third-order valence-electron chi connectivity index (χ3n) is 3.42. The number of hydrogen-bond acceptors (Lipinski definition) is 3. The van der Waals surface area contributed by atoms with Crippen LogP contribution in [-0.2, 0) is 0 Å². The highest BCUT2D eigenvalue weighted by Crippen LogP contribution is 2.26. The number of aromatic nitrogens is 1. The van der Waals surface area contributed by atoms with E-state index in [9.17, 15) is 9.90 Å². The fourth-order valence-electron chi connectivity index (χ4n) is 2.51. The number of amides is 1. The zero-order chi connectivity index (χ0) is 12.4. The van der Waals surface area contributed by atoms with Crippen molar-refractivity contribution >= 4 is 5.91 Å². The lowest BCUT2D eigenvalue weighted by Gasteiger charge is -2.38. The van der Waals surface area contributed by atoms with Crippen LogP contribution in [0.15, 0.2) is 18.3 Å². The average molecular weight is 234 g/mol. The molecule has 0 saturated carbocycles. The smallest absolute Gasteiger partial charge is 0.276 e. The Kier molecular flexibility index (Phi) is 3.31. The van der Waals surface area contributed by atoms with Gasteiger partial charge in [0.15, 0.2) is 5.69 Å². The summed E-state index contributed by atoms with van der Waals surface area (Å²) in [5, 5.41) is 9.67. The van der Waals surface area contributed by atoms with Gasteiger partial charge in [-0.05, 0) is 45.2 Å². The van der Waals surface area contributed by atoms with Gasteiger partial charge in [0, 0.05) is 18.3 Å². The van der Waals surface area contributed by atoms with Gasteiger partial charge < -0.3 is 10.0 Å². The molecule has 1 aliphatic rings. The molecule has 0 spiro atoms. The van der Waals surface area contributed by atoms with Crippen molar-refractivity contribution in [2.24, 2.45) is 0 Å². The molecule has 1 amide bonds. The Hall–Kier alpha value is -1.58. The minimum absolute atomic E-state index is 0.0394. The molecule has 2 atom stereocenters. The minimum Gasteiger partial charge on any atom is -0.505 e. The van der Waals surface area contributed by atoms with Crippen LogP contribution in [0.2, 0.25) is 0 Å². The lowest BCUT2D eigenvalue weighted by atomic mass is 9.97. The van der Waals surface area contributed by atoms with Crippen molar-refractivity contribution in [2.75, 3.05) is 0 Å². The average Bonchev–Trinajstić information content (AvgIpc) is 2.29. The highest BCUT2D eigenvalue weighted by Gasteiger charge is 2.31. The van der Waals surface area contributed by atoms with Gasteiger partial charge in [0.1, 0.15) is 5.75 Å². The van der Waals surface area contributed by atoms with E-state index in [4.69, 9.17) is 0 Å². The molecule has 1 aromatic heterocycles. The van der Waals surface area contributed by atoms with Gasteiger partial charge >= 0.3 is 0 Å². The fraction of sp³-hybridized carbons (Fsp3) is 0.538. The third-order valence-corrected chi connectivity index (χ3v) is 3.42. The van der Waals surface area contributed by atoms with Gasteiger partial charge in [-0.25, -0.2) is 4.98 Å². The van der Waals surface area contributed by atoms with Gasteiger partial charge in [-0.2, -0.15) is 0 Å². The van der Waals surface area contributed by atoms with Crippen LogP contribution >= 0.6 is 0 Å². The van der Waals surface area contributed by atoms with Crippen molar-refractivity contribution in [1.29, 1.82) is 0 Å². The van der Waals surface area contributed by atoms with E-state index in [-0.39, 0.29) is 29.4 Å². The summed E-state index contributed by atoms with van der Waals surface area (Å²) in [4.78, 5) is 18.2. The van der Waals surface area contributed by atoms with Gasteiger partial charge in [0.25, 0.3) is 5.91 Å². The highest BCUT2D eigenvalue weighted by molar-refractivity contribution is 5.95. The number of rotatable bonds is 1. The molecule has 0 unspecified atom stereocenters. The monoisotopic (exact) mass is 234 g/mol. The molecular weight excluding hydrogens is 216 g/mol. The van der Waals surface area contributed by atoms with E-state index < -0.39 is 0 Å². The molecule has 4 nitrogen and oxygen atoms in total. The standard InChI is InChI=1S/C13H18N2O2/c1-9-5-3-6-10(2)15(9)13(17)12-11(16)7-4-8-14-12/h4,7-10,16H,3,5-6H2,1-2H3/t9-,10+. The molecule has 0 bridgehead atoms. The van der Waals surface area contributed by atoms with Gasteiger partial charge in [-0.3, -0.25) is 4.79 Å². The fourth-order valence-corrected chi connectivity index (χ4v) is 2.51. The van der Waals surface area contributed by atoms with Crippen LogP contribution in [0.3, 0.4) is 0 Å². The minimum atomic E-state index is -0.164. The Morgan fingerprint density at radius 3 is 2.65 bits per heavy atom. The molecule has 17 heavy (non-hydrogen) atoms. The second-order valence-corrected chi connectivity index (χ2v) is 4.71. The molecular formula is C13H18N2O2. The van der Waals surface area contributed by atoms with Crippen molar-refractivity contribution in [3.05, 3.63) is 24.0 Å². The van der Waals surface area contributed by atoms with Crippen LogP contribution in [0.1, 0.15) is 43.6 Å². The van der Waals surface area contributed by atoms with Gasteiger partial charge in [-0.1, -0.05) is 0 Å². The number of likely N-dealkylation sites (tertiary alicyclic amines) is 1. The van der Waals surface area contributed by atoms with Crippen molar-refractivity contribution in [2.45, 2.75) is 45.2 Å². The number of nitrogens with zero attached hydrogens (tertiary/aromatic N) is 2. The van der Waals surface area contributed by atoms with Crippen molar-refractivity contribution in [3.63, 3.8) is 0 Å². The van der Waals surface area contributed by atoms with Crippen LogP contribution in [0, 0.1) is 0 Å². The maximum absolute atomic E-state index is 12.3. The van der Waals surface area contributed by atoms with Crippen molar-refractivity contribution in [1.82, 2.24) is 9.88 Å². The first kappa shape index (κ1) is 11.9. The van der Waals surface area contributed by atoms with E-state index in [0.717, 1.165) is 19.3 Å². The molecule has 0 aliphatic carbocycles. The summed E-state index contributed by atoms with van der Waals surface area (Å²) < 4.78 is 0. The Morgan fingerprint density at radius 2 is 2.06 bits per heavy atom. The summed E-state index contributed by atoms with van der Waals surface area (Å²) in [6.07, 6.45) is 4.72. The maximum Gasteiger partial charge on any atom is 0.276 e. The zero-order valence-corrected chi connectivity index (χ0v) is 10.3. The van der Waals surface area contributed by atoms with E-state index in [1.165, 1.54) is 12.3 Å². The Morgan fingerprint density at radius 1 is 1.41 bits per heavy atom. The Labute approximate surface area is 101 Å². The van der Waals surface area contributed by atoms with Gasteiger partial charge in [-0.15, -0.1) is 0 Å². The SMILES string of the molecule is C[C@@H]1CCC[C@H](C)N1C(=O)c1ncccc1O. The first-order valence-corrected chi connectivity index (χ1v) is 6.08. The van der Waals surface area contributed by atoms with Crippen LogP contribution in [0.25, 0.3) is 0 Å². The van der Waals surface area contributed by atoms with Gasteiger partial charge in [0.2, 0.25) is 0 Å². The normalized spacial score (nSPS) is 24.7. The number of piperidine rings is 1. The van der Waals surface area contributed by atoms with E-state index in [1.54, 1.807) is 6.07 Å². The summed E-state index contributed by atoms with van der Waals surface area (Å²) in [6.45, 7) is 4.10. The summed E-state index contributed by atoms with van der Waals surface area (Å²) in [5.41, 5.74) is 0.160. The molecule has 1 aromatic rings. The van der Waals surface area contributed by atoms with E-state index in [1.807, 2.05) is 18.7 Å². The molecule has 0 radical (unpaired) electrons. The first-order valence-electron chi connectivity index (χ1n) is 6.08. The number of pyridine rings is 1. The topological polar surface area (TPSA) is 53.4 Å². The number of carbonyl (C=O) groups excluding carboxylic acids is 1. The van der Waals surface area contributed by atoms with Crippen molar-refractivity contribution < 1.29 is 9.90 Å². The van der Waals surface area contributed by atoms with Crippen molar-refractivity contribution in [3.8, 4) is 5.75 Å². The Balaban J connectivity index is 2.27. The summed E-state index contributed by atoms with van der Waals surface area (Å²) in [5.74, 6) is -0.203. The molecule has 1 N–H and O–H groups in total. The summed E-state index contributed by atoms with van der Waals surface area (Å²) in [7, 11) is 0. The van der Waals surface area contributed by atoms with Crippen LogP contribution in [0.4, 0.5) is 0 Å². The van der Waals surface area contributed by atoms with Crippen LogP contribution < -0.4 is 0 Å². The number of carbonyl (C=O) groups is 1. The lowest BCUT2D eigenvalue weighted by Crippen LogP contribution is -2.47. The second kappa shape index (κ2) is 4.73. The highest BCUT2D eigenvalue weighted by atomic mass is 16.3.